The highest BCUT2D eigenvalue weighted by atomic mass is 16.4. The molecule has 0 bridgehead atoms. The van der Waals surface area contributed by atoms with Gasteiger partial charge >= 0.3 is 5.97 Å². The van der Waals surface area contributed by atoms with Gasteiger partial charge in [0.1, 0.15) is 5.69 Å². The fraction of sp³-hybridized carbons (Fsp3) is 0. The second-order valence-electron chi connectivity index (χ2n) is 2.91. The Hall–Kier alpha value is -2.37. The summed E-state index contributed by atoms with van der Waals surface area (Å²) in [5, 5.41) is 8.71. The Labute approximate surface area is 84.8 Å². The number of rotatable bonds is 2. The Balaban J connectivity index is 2.41. The normalized spacial score (nSPS) is 10.1. The summed E-state index contributed by atoms with van der Waals surface area (Å²) in [6.45, 7) is 0. The lowest BCUT2D eigenvalue weighted by molar-refractivity contribution is 0.0691. The predicted octanol–water partition coefficient (Wildman–Crippen LogP) is 0.752. The SMILES string of the molecule is Nc1nccc(-c2c[nH]c(C(=O)O)c2)n1. The van der Waals surface area contributed by atoms with Gasteiger partial charge in [0.15, 0.2) is 0 Å². The molecule has 0 aliphatic heterocycles. The van der Waals surface area contributed by atoms with Crippen LogP contribution in [0, 0.1) is 0 Å². The van der Waals surface area contributed by atoms with Gasteiger partial charge in [-0.15, -0.1) is 0 Å². The van der Waals surface area contributed by atoms with Gasteiger partial charge in [-0.05, 0) is 12.1 Å². The molecule has 0 fully saturated rings. The molecule has 0 saturated heterocycles. The van der Waals surface area contributed by atoms with Crippen LogP contribution in [-0.4, -0.2) is 26.0 Å². The maximum absolute atomic E-state index is 10.6. The summed E-state index contributed by atoms with van der Waals surface area (Å²) >= 11 is 0. The number of nitrogen functional groups attached to an aromatic ring is 1. The van der Waals surface area contributed by atoms with Gasteiger partial charge in [-0.2, -0.15) is 0 Å². The molecular weight excluding hydrogens is 196 g/mol. The highest BCUT2D eigenvalue weighted by Crippen LogP contribution is 2.17. The van der Waals surface area contributed by atoms with Crippen molar-refractivity contribution in [1.82, 2.24) is 15.0 Å². The zero-order valence-electron chi connectivity index (χ0n) is 7.64. The first-order valence-corrected chi connectivity index (χ1v) is 4.17. The molecule has 0 radical (unpaired) electrons. The molecule has 0 unspecified atom stereocenters. The van der Waals surface area contributed by atoms with Crippen molar-refractivity contribution in [3.63, 3.8) is 0 Å². The Morgan fingerprint density at radius 3 is 2.93 bits per heavy atom. The first-order chi connectivity index (χ1) is 7.16. The van der Waals surface area contributed by atoms with E-state index in [0.717, 1.165) is 0 Å². The van der Waals surface area contributed by atoms with Crippen molar-refractivity contribution in [2.45, 2.75) is 0 Å². The molecule has 0 atom stereocenters. The Morgan fingerprint density at radius 1 is 1.53 bits per heavy atom. The summed E-state index contributed by atoms with van der Waals surface area (Å²) in [5.74, 6) is -0.853. The van der Waals surface area contributed by atoms with Crippen molar-refractivity contribution in [1.29, 1.82) is 0 Å². The van der Waals surface area contributed by atoms with Gasteiger partial charge in [0.05, 0.1) is 5.69 Å². The summed E-state index contributed by atoms with van der Waals surface area (Å²) in [6, 6.07) is 3.15. The number of carbonyl (C=O) groups is 1. The van der Waals surface area contributed by atoms with E-state index in [-0.39, 0.29) is 11.6 Å². The van der Waals surface area contributed by atoms with E-state index in [2.05, 4.69) is 15.0 Å². The molecule has 15 heavy (non-hydrogen) atoms. The molecular formula is C9H8N4O2. The van der Waals surface area contributed by atoms with Crippen LogP contribution in [0.3, 0.4) is 0 Å². The monoisotopic (exact) mass is 204 g/mol. The Bertz CT molecular complexity index is 506. The van der Waals surface area contributed by atoms with Crippen LogP contribution in [0.5, 0.6) is 0 Å². The molecule has 0 amide bonds. The number of anilines is 1. The lowest BCUT2D eigenvalue weighted by Gasteiger charge is -1.96. The number of carboxylic acid groups (broad SMARTS) is 1. The summed E-state index contributed by atoms with van der Waals surface area (Å²) in [5.41, 5.74) is 6.78. The maximum atomic E-state index is 10.6. The number of aromatic amines is 1. The van der Waals surface area contributed by atoms with Crippen molar-refractivity contribution in [2.24, 2.45) is 0 Å². The molecule has 4 N–H and O–H groups in total. The molecule has 2 aromatic heterocycles. The lowest BCUT2D eigenvalue weighted by Crippen LogP contribution is -1.95. The van der Waals surface area contributed by atoms with Crippen LogP contribution >= 0.6 is 0 Å². The number of nitrogens with one attached hydrogen (secondary N) is 1. The van der Waals surface area contributed by atoms with Gasteiger partial charge in [0, 0.05) is 18.0 Å². The van der Waals surface area contributed by atoms with Gasteiger partial charge < -0.3 is 15.8 Å². The zero-order chi connectivity index (χ0) is 10.8. The highest BCUT2D eigenvalue weighted by Gasteiger charge is 2.08. The van der Waals surface area contributed by atoms with Crippen LogP contribution in [0.25, 0.3) is 11.3 Å². The zero-order valence-corrected chi connectivity index (χ0v) is 7.64. The van der Waals surface area contributed by atoms with Gasteiger partial charge in [0.25, 0.3) is 0 Å². The van der Waals surface area contributed by atoms with Gasteiger partial charge in [-0.1, -0.05) is 0 Å². The minimum Gasteiger partial charge on any atom is -0.477 e. The predicted molar refractivity (Wildman–Crippen MR) is 53.2 cm³/mol. The molecule has 0 aliphatic carbocycles. The lowest BCUT2D eigenvalue weighted by atomic mass is 10.2. The van der Waals surface area contributed by atoms with Gasteiger partial charge in [-0.25, -0.2) is 14.8 Å². The fourth-order valence-electron chi connectivity index (χ4n) is 1.20. The van der Waals surface area contributed by atoms with E-state index in [1.807, 2.05) is 0 Å². The molecule has 6 nitrogen and oxygen atoms in total. The highest BCUT2D eigenvalue weighted by molar-refractivity contribution is 5.87. The van der Waals surface area contributed by atoms with Gasteiger partial charge in [-0.3, -0.25) is 0 Å². The van der Waals surface area contributed by atoms with E-state index in [0.29, 0.717) is 11.3 Å². The number of aromatic carboxylic acids is 1. The number of aromatic nitrogens is 3. The Kier molecular flexibility index (Phi) is 2.09. The van der Waals surface area contributed by atoms with Crippen molar-refractivity contribution >= 4 is 11.9 Å². The molecule has 0 saturated carbocycles. The number of nitrogens with zero attached hydrogens (tertiary/aromatic N) is 2. The van der Waals surface area contributed by atoms with Crippen LogP contribution in [0.1, 0.15) is 10.5 Å². The number of carboxylic acids is 1. The van der Waals surface area contributed by atoms with Gasteiger partial charge in [0.2, 0.25) is 5.95 Å². The van der Waals surface area contributed by atoms with E-state index in [9.17, 15) is 4.79 Å². The van der Waals surface area contributed by atoms with Crippen molar-refractivity contribution in [3.8, 4) is 11.3 Å². The van der Waals surface area contributed by atoms with E-state index in [4.69, 9.17) is 10.8 Å². The van der Waals surface area contributed by atoms with Crippen LogP contribution in [0.15, 0.2) is 24.5 Å². The summed E-state index contributed by atoms with van der Waals surface area (Å²) in [7, 11) is 0. The quantitative estimate of drug-likeness (QED) is 0.669. The molecule has 0 aliphatic rings. The molecule has 76 valence electrons. The standard InChI is InChI=1S/C9H8N4O2/c10-9-11-2-1-6(13-9)5-3-7(8(14)15)12-4-5/h1-4,12H,(H,14,15)(H2,10,11,13). The number of hydrogen-bond acceptors (Lipinski definition) is 4. The molecule has 2 aromatic rings. The molecule has 2 heterocycles. The Morgan fingerprint density at radius 2 is 2.33 bits per heavy atom. The third-order valence-electron chi connectivity index (χ3n) is 1.88. The topological polar surface area (TPSA) is 105 Å². The van der Waals surface area contributed by atoms with Crippen LogP contribution in [-0.2, 0) is 0 Å². The average molecular weight is 204 g/mol. The third-order valence-corrected chi connectivity index (χ3v) is 1.88. The first kappa shape index (κ1) is 9.20. The van der Waals surface area contributed by atoms with Crippen molar-refractivity contribution < 1.29 is 9.90 Å². The van der Waals surface area contributed by atoms with Crippen LogP contribution in [0.4, 0.5) is 5.95 Å². The maximum Gasteiger partial charge on any atom is 0.352 e. The number of nitrogens with two attached hydrogens (primary N) is 1. The largest absolute Gasteiger partial charge is 0.477 e. The second kappa shape index (κ2) is 3.41. The van der Waals surface area contributed by atoms with Crippen molar-refractivity contribution in [3.05, 3.63) is 30.2 Å². The smallest absolute Gasteiger partial charge is 0.352 e. The van der Waals surface area contributed by atoms with E-state index < -0.39 is 5.97 Å². The molecule has 0 aromatic carbocycles. The second-order valence-corrected chi connectivity index (χ2v) is 2.91. The number of hydrogen-bond donors (Lipinski definition) is 3. The fourth-order valence-corrected chi connectivity index (χ4v) is 1.20. The molecule has 6 heteroatoms. The minimum atomic E-state index is -1.01. The van der Waals surface area contributed by atoms with E-state index in [1.165, 1.54) is 12.3 Å². The summed E-state index contributed by atoms with van der Waals surface area (Å²) in [6.07, 6.45) is 3.08. The van der Waals surface area contributed by atoms with Crippen molar-refractivity contribution in [2.75, 3.05) is 5.73 Å². The summed E-state index contributed by atoms with van der Waals surface area (Å²) in [4.78, 5) is 21.0. The van der Waals surface area contributed by atoms with Crippen LogP contribution < -0.4 is 5.73 Å². The molecule has 2 rings (SSSR count). The summed E-state index contributed by atoms with van der Waals surface area (Å²) < 4.78 is 0. The van der Waals surface area contributed by atoms with E-state index in [1.54, 1.807) is 12.3 Å². The minimum absolute atomic E-state index is 0.113. The third kappa shape index (κ3) is 1.78. The first-order valence-electron chi connectivity index (χ1n) is 4.17. The van der Waals surface area contributed by atoms with Crippen LogP contribution in [0.2, 0.25) is 0 Å². The number of H-pyrrole nitrogens is 1. The average Bonchev–Trinajstić information content (AvgIpc) is 2.66. The van der Waals surface area contributed by atoms with E-state index >= 15 is 0 Å². The molecule has 0 spiro atoms.